The van der Waals surface area contributed by atoms with Crippen LogP contribution in [0.15, 0.2) is 0 Å². The number of rotatable bonds is 5. The van der Waals surface area contributed by atoms with Crippen molar-refractivity contribution < 1.29 is 4.79 Å². The lowest BCUT2D eigenvalue weighted by Gasteiger charge is -2.16. The highest BCUT2D eigenvalue weighted by molar-refractivity contribution is 5.80. The molecule has 76 valence electrons. The molecule has 1 atom stereocenters. The molecule has 0 aromatic rings. The molecule has 0 saturated heterocycles. The van der Waals surface area contributed by atoms with Crippen molar-refractivity contribution >= 4 is 5.91 Å². The normalized spacial score (nSPS) is 18.8. The zero-order chi connectivity index (χ0) is 9.84. The van der Waals surface area contributed by atoms with Gasteiger partial charge < -0.3 is 16.0 Å². The molecule has 1 aliphatic rings. The maximum atomic E-state index is 11.1. The lowest BCUT2D eigenvalue weighted by atomic mass is 10.3. The van der Waals surface area contributed by atoms with E-state index in [0.29, 0.717) is 6.54 Å². The number of carbonyl (C=O) groups excluding carboxylic acids is 1. The fraction of sp³-hybridized carbons (Fsp3) is 0.889. The van der Waals surface area contributed by atoms with Gasteiger partial charge in [0.15, 0.2) is 0 Å². The summed E-state index contributed by atoms with van der Waals surface area (Å²) in [6, 6.07) is 0.360. The Morgan fingerprint density at radius 2 is 2.31 bits per heavy atom. The summed E-state index contributed by atoms with van der Waals surface area (Å²) in [4.78, 5) is 13.3. The first-order chi connectivity index (χ1) is 6.11. The Morgan fingerprint density at radius 1 is 1.69 bits per heavy atom. The van der Waals surface area contributed by atoms with Crippen molar-refractivity contribution in [3.8, 4) is 0 Å². The third-order valence-corrected chi connectivity index (χ3v) is 2.35. The largest absolute Gasteiger partial charge is 0.353 e. The molecule has 0 aromatic carbocycles. The predicted octanol–water partition coefficient (Wildman–Crippen LogP) is -0.456. The number of nitrogens with one attached hydrogen (secondary N) is 1. The minimum absolute atomic E-state index is 0.0656. The molecule has 3 N–H and O–H groups in total. The number of nitrogens with zero attached hydrogens (tertiary/aromatic N) is 1. The summed E-state index contributed by atoms with van der Waals surface area (Å²) in [6.45, 7) is 3.32. The fourth-order valence-corrected chi connectivity index (χ4v) is 1.21. The highest BCUT2D eigenvalue weighted by Crippen LogP contribution is 2.24. The van der Waals surface area contributed by atoms with Crippen LogP contribution < -0.4 is 11.1 Å². The van der Waals surface area contributed by atoms with E-state index in [1.807, 2.05) is 0 Å². The summed E-state index contributed by atoms with van der Waals surface area (Å²) >= 11 is 0. The molecule has 1 fully saturated rings. The van der Waals surface area contributed by atoms with Crippen LogP contribution in [0.5, 0.6) is 0 Å². The van der Waals surface area contributed by atoms with Crippen LogP contribution in [0.25, 0.3) is 0 Å². The van der Waals surface area contributed by atoms with Gasteiger partial charge in [0, 0.05) is 19.1 Å². The minimum atomic E-state index is -0.397. The Balaban J connectivity index is 2.02. The first-order valence-corrected chi connectivity index (χ1v) is 4.85. The van der Waals surface area contributed by atoms with Gasteiger partial charge in [-0.25, -0.2) is 0 Å². The molecule has 0 bridgehead atoms. The molecule has 1 rings (SSSR count). The van der Waals surface area contributed by atoms with Crippen LogP contribution in [0.3, 0.4) is 0 Å². The van der Waals surface area contributed by atoms with Gasteiger partial charge in [-0.3, -0.25) is 4.79 Å². The Labute approximate surface area is 79.5 Å². The second-order valence-electron chi connectivity index (χ2n) is 3.79. The Kier molecular flexibility index (Phi) is 3.69. The van der Waals surface area contributed by atoms with E-state index in [-0.39, 0.29) is 5.91 Å². The van der Waals surface area contributed by atoms with E-state index in [0.717, 1.165) is 12.6 Å². The van der Waals surface area contributed by atoms with Gasteiger partial charge in [-0.15, -0.1) is 0 Å². The zero-order valence-corrected chi connectivity index (χ0v) is 8.42. The van der Waals surface area contributed by atoms with Crippen molar-refractivity contribution in [1.29, 1.82) is 0 Å². The summed E-state index contributed by atoms with van der Waals surface area (Å²) < 4.78 is 0. The van der Waals surface area contributed by atoms with Crippen LogP contribution in [0.4, 0.5) is 0 Å². The average molecular weight is 185 g/mol. The lowest BCUT2D eigenvalue weighted by molar-refractivity contribution is -0.122. The van der Waals surface area contributed by atoms with Gasteiger partial charge in [0.2, 0.25) is 5.91 Å². The number of likely N-dealkylation sites (N-methyl/N-ethyl adjacent to an activating group) is 1. The molecule has 13 heavy (non-hydrogen) atoms. The van der Waals surface area contributed by atoms with Crippen LogP contribution in [0, 0.1) is 0 Å². The summed E-state index contributed by atoms with van der Waals surface area (Å²) in [7, 11) is 2.09. The summed E-state index contributed by atoms with van der Waals surface area (Å²) in [5.74, 6) is -0.0656. The smallest absolute Gasteiger partial charge is 0.236 e. The van der Waals surface area contributed by atoms with Gasteiger partial charge in [-0.1, -0.05) is 0 Å². The number of amides is 1. The van der Waals surface area contributed by atoms with Crippen molar-refractivity contribution in [2.75, 3.05) is 20.1 Å². The molecule has 1 aliphatic carbocycles. The summed E-state index contributed by atoms with van der Waals surface area (Å²) in [5.41, 5.74) is 5.40. The van der Waals surface area contributed by atoms with Crippen molar-refractivity contribution in [3.63, 3.8) is 0 Å². The molecular formula is C9H19N3O. The van der Waals surface area contributed by atoms with Crippen LogP contribution in [0.2, 0.25) is 0 Å². The molecule has 0 radical (unpaired) electrons. The maximum Gasteiger partial charge on any atom is 0.236 e. The third-order valence-electron chi connectivity index (χ3n) is 2.35. The van der Waals surface area contributed by atoms with E-state index in [1.165, 1.54) is 12.8 Å². The SMILES string of the molecule is C[C@@H](N)C(=O)NCCN(C)C1CC1. The van der Waals surface area contributed by atoms with Crippen LogP contribution in [-0.2, 0) is 4.79 Å². The molecule has 0 heterocycles. The van der Waals surface area contributed by atoms with Crippen molar-refractivity contribution in [2.24, 2.45) is 5.73 Å². The molecule has 4 nitrogen and oxygen atoms in total. The van der Waals surface area contributed by atoms with Crippen molar-refractivity contribution in [3.05, 3.63) is 0 Å². The number of hydrogen-bond acceptors (Lipinski definition) is 3. The molecule has 1 amide bonds. The van der Waals surface area contributed by atoms with Crippen LogP contribution in [-0.4, -0.2) is 43.0 Å². The standard InChI is InChI=1S/C9H19N3O/c1-7(10)9(13)11-5-6-12(2)8-3-4-8/h7-8H,3-6,10H2,1-2H3,(H,11,13)/t7-/m1/s1. The first-order valence-electron chi connectivity index (χ1n) is 4.85. The molecule has 0 aliphatic heterocycles. The van der Waals surface area contributed by atoms with Gasteiger partial charge >= 0.3 is 0 Å². The van der Waals surface area contributed by atoms with Crippen molar-refractivity contribution in [2.45, 2.75) is 31.8 Å². The second-order valence-corrected chi connectivity index (χ2v) is 3.79. The quantitative estimate of drug-likeness (QED) is 0.609. The molecular weight excluding hydrogens is 166 g/mol. The molecule has 0 aromatic heterocycles. The highest BCUT2D eigenvalue weighted by atomic mass is 16.2. The van der Waals surface area contributed by atoms with Gasteiger partial charge in [-0.05, 0) is 26.8 Å². The number of nitrogens with two attached hydrogens (primary N) is 1. The van der Waals surface area contributed by atoms with E-state index in [1.54, 1.807) is 6.92 Å². The van der Waals surface area contributed by atoms with Gasteiger partial charge in [0.05, 0.1) is 6.04 Å². The topological polar surface area (TPSA) is 58.4 Å². The van der Waals surface area contributed by atoms with E-state index in [9.17, 15) is 4.79 Å². The Hall–Kier alpha value is -0.610. The van der Waals surface area contributed by atoms with Crippen molar-refractivity contribution in [1.82, 2.24) is 10.2 Å². The Bertz CT molecular complexity index is 178. The van der Waals surface area contributed by atoms with E-state index < -0.39 is 6.04 Å². The molecule has 4 heteroatoms. The fourth-order valence-electron chi connectivity index (χ4n) is 1.21. The first kappa shape index (κ1) is 10.5. The monoisotopic (exact) mass is 185 g/mol. The van der Waals surface area contributed by atoms with Crippen LogP contribution in [0.1, 0.15) is 19.8 Å². The van der Waals surface area contributed by atoms with Gasteiger partial charge in [-0.2, -0.15) is 0 Å². The Morgan fingerprint density at radius 3 is 2.77 bits per heavy atom. The third kappa shape index (κ3) is 3.74. The van der Waals surface area contributed by atoms with Gasteiger partial charge in [0.1, 0.15) is 0 Å². The average Bonchev–Trinajstić information content (AvgIpc) is 2.85. The zero-order valence-electron chi connectivity index (χ0n) is 8.42. The number of carbonyl (C=O) groups is 1. The molecule has 0 unspecified atom stereocenters. The molecule has 1 saturated carbocycles. The minimum Gasteiger partial charge on any atom is -0.353 e. The second kappa shape index (κ2) is 4.58. The predicted molar refractivity (Wildman–Crippen MR) is 52.3 cm³/mol. The lowest BCUT2D eigenvalue weighted by Crippen LogP contribution is -2.41. The summed E-state index contributed by atoms with van der Waals surface area (Å²) in [5, 5.41) is 2.79. The van der Waals surface area contributed by atoms with E-state index in [2.05, 4.69) is 17.3 Å². The summed E-state index contributed by atoms with van der Waals surface area (Å²) in [6.07, 6.45) is 2.61. The van der Waals surface area contributed by atoms with E-state index in [4.69, 9.17) is 5.73 Å². The molecule has 0 spiro atoms. The number of hydrogen-bond donors (Lipinski definition) is 2. The van der Waals surface area contributed by atoms with E-state index >= 15 is 0 Å². The highest BCUT2D eigenvalue weighted by Gasteiger charge is 2.25. The van der Waals surface area contributed by atoms with Gasteiger partial charge in [0.25, 0.3) is 0 Å². The maximum absolute atomic E-state index is 11.1. The van der Waals surface area contributed by atoms with Crippen LogP contribution >= 0.6 is 0 Å².